The predicted octanol–water partition coefficient (Wildman–Crippen LogP) is 2.65. The van der Waals surface area contributed by atoms with Gasteiger partial charge in [0.25, 0.3) is 0 Å². The highest BCUT2D eigenvalue weighted by atomic mass is 16.5. The van der Waals surface area contributed by atoms with Crippen LogP contribution in [0.5, 0.6) is 0 Å². The number of fused-ring (bicyclic) bond motifs is 2. The van der Waals surface area contributed by atoms with Gasteiger partial charge in [-0.1, -0.05) is 18.2 Å². The summed E-state index contributed by atoms with van der Waals surface area (Å²) in [4.78, 5) is 28.2. The lowest BCUT2D eigenvalue weighted by molar-refractivity contribution is -0.117. The van der Waals surface area contributed by atoms with Gasteiger partial charge in [-0.3, -0.25) is 14.7 Å². The van der Waals surface area contributed by atoms with Crippen molar-refractivity contribution in [2.75, 3.05) is 36.5 Å². The van der Waals surface area contributed by atoms with Gasteiger partial charge in [0.15, 0.2) is 11.6 Å². The Morgan fingerprint density at radius 1 is 1.25 bits per heavy atom. The highest BCUT2D eigenvalue weighted by Gasteiger charge is 2.28. The second-order valence-corrected chi connectivity index (χ2v) is 7.52. The van der Waals surface area contributed by atoms with E-state index in [2.05, 4.69) is 21.4 Å². The minimum Gasteiger partial charge on any atom is -0.381 e. The fourth-order valence-electron chi connectivity index (χ4n) is 4.13. The summed E-state index contributed by atoms with van der Waals surface area (Å²) in [7, 11) is 0. The van der Waals surface area contributed by atoms with Gasteiger partial charge in [-0.2, -0.15) is 0 Å². The average molecular weight is 377 g/mol. The van der Waals surface area contributed by atoms with E-state index in [-0.39, 0.29) is 12.5 Å². The first-order valence-corrected chi connectivity index (χ1v) is 9.91. The number of nitrogens with zero attached hydrogens (tertiary/aromatic N) is 4. The van der Waals surface area contributed by atoms with Crippen LogP contribution in [0.15, 0.2) is 29.4 Å². The van der Waals surface area contributed by atoms with Gasteiger partial charge in [0, 0.05) is 37.1 Å². The van der Waals surface area contributed by atoms with Crippen LogP contribution in [0.25, 0.3) is 11.3 Å². The van der Waals surface area contributed by atoms with Gasteiger partial charge >= 0.3 is 0 Å². The second-order valence-electron chi connectivity index (χ2n) is 7.52. The van der Waals surface area contributed by atoms with Crippen molar-refractivity contribution in [3.05, 3.63) is 35.5 Å². The van der Waals surface area contributed by atoms with Crippen LogP contribution >= 0.6 is 0 Å². The Balaban J connectivity index is 1.45. The molecular weight excluding hydrogens is 354 g/mol. The standard InChI is InChI=1S/C21H23N5O2/c27-19-13-24-20-21(26(19)7-4-14-5-8-28-9-6-14)25-18(12-23-20)16-3-1-2-15-10-22-11-17(15)16/h1-3,11-12,14H,4-10,13H2,(H,23,24). The number of anilines is 2. The van der Waals surface area contributed by atoms with Gasteiger partial charge in [-0.05, 0) is 30.7 Å². The van der Waals surface area contributed by atoms with Gasteiger partial charge in [0.2, 0.25) is 5.91 Å². The maximum absolute atomic E-state index is 12.6. The molecule has 3 aliphatic rings. The first-order valence-electron chi connectivity index (χ1n) is 9.91. The molecule has 2 aromatic rings. The lowest BCUT2D eigenvalue weighted by atomic mass is 9.96. The molecule has 0 unspecified atom stereocenters. The van der Waals surface area contributed by atoms with E-state index >= 15 is 0 Å². The van der Waals surface area contributed by atoms with E-state index in [0.717, 1.165) is 49.3 Å². The van der Waals surface area contributed by atoms with Crippen molar-refractivity contribution in [1.82, 2.24) is 9.97 Å². The number of benzene rings is 1. The second kappa shape index (κ2) is 7.31. The normalized spacial score (nSPS) is 18.7. The molecule has 1 N–H and O–H groups in total. The van der Waals surface area contributed by atoms with E-state index in [1.807, 2.05) is 18.3 Å². The molecule has 0 aliphatic carbocycles. The zero-order valence-corrected chi connectivity index (χ0v) is 15.7. The van der Waals surface area contributed by atoms with Crippen LogP contribution < -0.4 is 10.2 Å². The molecule has 5 rings (SSSR count). The van der Waals surface area contributed by atoms with Crippen LogP contribution in [0.3, 0.4) is 0 Å². The zero-order chi connectivity index (χ0) is 18.9. The number of nitrogens with one attached hydrogen (secondary N) is 1. The Hall–Kier alpha value is -2.80. The Labute approximate surface area is 163 Å². The summed E-state index contributed by atoms with van der Waals surface area (Å²) in [6.07, 6.45) is 6.77. The topological polar surface area (TPSA) is 79.7 Å². The molecule has 28 heavy (non-hydrogen) atoms. The first kappa shape index (κ1) is 17.3. The lowest BCUT2D eigenvalue weighted by Crippen LogP contribution is -2.42. The summed E-state index contributed by atoms with van der Waals surface area (Å²) in [6, 6.07) is 6.15. The molecule has 1 aromatic carbocycles. The number of carbonyl (C=O) groups is 1. The number of amides is 1. The number of hydrogen-bond donors (Lipinski definition) is 1. The van der Waals surface area contributed by atoms with Crippen LogP contribution in [-0.2, 0) is 16.1 Å². The summed E-state index contributed by atoms with van der Waals surface area (Å²) in [5.74, 6) is 1.96. The fraction of sp³-hybridized carbons (Fsp3) is 0.429. The molecular formula is C21H23N5O2. The third-order valence-corrected chi connectivity index (χ3v) is 5.77. The lowest BCUT2D eigenvalue weighted by Gasteiger charge is -2.30. The highest BCUT2D eigenvalue weighted by molar-refractivity contribution is 6.01. The quantitative estimate of drug-likeness (QED) is 0.886. The SMILES string of the molecule is O=C1CNc2ncc(-c3cccc4c3C=NC4)nc2N1CCC1CCOCC1. The minimum absolute atomic E-state index is 0.0471. The molecule has 7 nitrogen and oxygen atoms in total. The van der Waals surface area contributed by atoms with E-state index in [9.17, 15) is 4.79 Å². The summed E-state index contributed by atoms with van der Waals surface area (Å²) < 4.78 is 5.45. The molecule has 1 amide bonds. The smallest absolute Gasteiger partial charge is 0.247 e. The molecule has 7 heteroatoms. The highest BCUT2D eigenvalue weighted by Crippen LogP contribution is 2.32. The molecule has 3 aliphatic heterocycles. The molecule has 1 saturated heterocycles. The minimum atomic E-state index is 0.0471. The van der Waals surface area contributed by atoms with E-state index in [4.69, 9.17) is 9.72 Å². The van der Waals surface area contributed by atoms with E-state index in [0.29, 0.717) is 30.6 Å². The van der Waals surface area contributed by atoms with Crippen molar-refractivity contribution in [3.8, 4) is 11.3 Å². The zero-order valence-electron chi connectivity index (χ0n) is 15.7. The van der Waals surface area contributed by atoms with E-state index < -0.39 is 0 Å². The van der Waals surface area contributed by atoms with Crippen molar-refractivity contribution in [1.29, 1.82) is 0 Å². The van der Waals surface area contributed by atoms with E-state index in [1.54, 1.807) is 11.1 Å². The van der Waals surface area contributed by atoms with Crippen LogP contribution in [0, 0.1) is 5.92 Å². The molecule has 0 spiro atoms. The van der Waals surface area contributed by atoms with Crippen LogP contribution in [0.4, 0.5) is 11.6 Å². The number of carbonyl (C=O) groups excluding carboxylic acids is 1. The van der Waals surface area contributed by atoms with Crippen molar-refractivity contribution >= 4 is 23.8 Å². The molecule has 0 radical (unpaired) electrons. The third-order valence-electron chi connectivity index (χ3n) is 5.77. The van der Waals surface area contributed by atoms with Gasteiger partial charge in [-0.15, -0.1) is 0 Å². The molecule has 0 saturated carbocycles. The van der Waals surface area contributed by atoms with Crippen molar-refractivity contribution in [2.24, 2.45) is 10.9 Å². The first-order chi connectivity index (χ1) is 13.8. The summed E-state index contributed by atoms with van der Waals surface area (Å²) in [5.41, 5.74) is 4.08. The van der Waals surface area contributed by atoms with E-state index in [1.165, 1.54) is 5.56 Å². The average Bonchev–Trinajstić information content (AvgIpc) is 3.22. The van der Waals surface area contributed by atoms with Crippen molar-refractivity contribution in [2.45, 2.75) is 25.8 Å². The summed E-state index contributed by atoms with van der Waals surface area (Å²) in [5, 5.41) is 3.10. The van der Waals surface area contributed by atoms with Gasteiger partial charge in [0.1, 0.15) is 0 Å². The molecule has 4 heterocycles. The largest absolute Gasteiger partial charge is 0.381 e. The Bertz CT molecular complexity index is 936. The van der Waals surface area contributed by atoms with Crippen LogP contribution in [0.2, 0.25) is 0 Å². The van der Waals surface area contributed by atoms with Gasteiger partial charge in [-0.25, -0.2) is 9.97 Å². The van der Waals surface area contributed by atoms with Gasteiger partial charge < -0.3 is 10.1 Å². The maximum atomic E-state index is 12.6. The molecule has 1 fully saturated rings. The van der Waals surface area contributed by atoms with Crippen molar-refractivity contribution < 1.29 is 9.53 Å². The molecule has 0 bridgehead atoms. The van der Waals surface area contributed by atoms with Crippen LogP contribution in [-0.4, -0.2) is 48.4 Å². The number of hydrogen-bond acceptors (Lipinski definition) is 6. The van der Waals surface area contributed by atoms with Crippen LogP contribution in [0.1, 0.15) is 30.4 Å². The maximum Gasteiger partial charge on any atom is 0.247 e. The monoisotopic (exact) mass is 377 g/mol. The third kappa shape index (κ3) is 3.16. The molecule has 144 valence electrons. The number of aliphatic imine (C=N–C) groups is 1. The summed E-state index contributed by atoms with van der Waals surface area (Å²) in [6.45, 7) is 3.29. The Morgan fingerprint density at radius 3 is 3.04 bits per heavy atom. The number of ether oxygens (including phenoxy) is 1. The number of aromatic nitrogens is 2. The van der Waals surface area contributed by atoms with Gasteiger partial charge in [0.05, 0.1) is 25.0 Å². The molecule has 1 aromatic heterocycles. The molecule has 0 atom stereocenters. The predicted molar refractivity (Wildman–Crippen MR) is 108 cm³/mol. The Kier molecular flexibility index (Phi) is 4.52. The van der Waals surface area contributed by atoms with Crippen molar-refractivity contribution in [3.63, 3.8) is 0 Å². The Morgan fingerprint density at radius 2 is 2.14 bits per heavy atom. The summed E-state index contributed by atoms with van der Waals surface area (Å²) >= 11 is 0. The number of rotatable bonds is 4. The fourth-order valence-corrected chi connectivity index (χ4v) is 4.13.